The number of amides is 2. The number of hydrogen-bond acceptors (Lipinski definition) is 7. The lowest BCUT2D eigenvalue weighted by atomic mass is 9.92. The van der Waals surface area contributed by atoms with Crippen molar-refractivity contribution >= 4 is 23.2 Å². The van der Waals surface area contributed by atoms with Gasteiger partial charge in [-0.1, -0.05) is 24.3 Å². The molecule has 1 N–H and O–H groups in total. The molecule has 3 aromatic carbocycles. The largest absolute Gasteiger partial charge is 0.508 e. The molecular formula is C41H43FN6O5. The van der Waals surface area contributed by atoms with Crippen LogP contribution in [-0.2, 0) is 29.5 Å². The average molecular weight is 719 g/mol. The number of aromatic nitrogens is 3. The van der Waals surface area contributed by atoms with Gasteiger partial charge in [0.25, 0.3) is 11.8 Å². The quantitative estimate of drug-likeness (QED) is 0.214. The van der Waals surface area contributed by atoms with E-state index < -0.39 is 5.82 Å². The molecule has 3 aliphatic heterocycles. The number of hydrogen-bond donors (Lipinski definition) is 1. The summed E-state index contributed by atoms with van der Waals surface area (Å²) in [6.07, 6.45) is 5.02. The van der Waals surface area contributed by atoms with Gasteiger partial charge in [0.1, 0.15) is 11.6 Å². The number of rotatable bonds is 8. The third kappa shape index (κ3) is 6.85. The van der Waals surface area contributed by atoms with E-state index in [1.165, 1.54) is 29.8 Å². The Kier molecular flexibility index (Phi) is 9.59. The molecule has 8 rings (SSSR count). The van der Waals surface area contributed by atoms with E-state index in [1.54, 1.807) is 35.4 Å². The molecule has 5 aromatic rings. The summed E-state index contributed by atoms with van der Waals surface area (Å²) in [4.78, 5) is 35.3. The standard InChI is InChI=1S/C41H43FN6O5/c1-27-37(41(51)48(31-8-10-35(49)11-9-31)34-22-43-47(25-34)32-13-16-53-26-32)21-39(44(27)2)38-20-30(42)7-12-36(38)40(50)46-23-29-6-4-3-5-28(29)19-33(46)24-45-14-17-52-18-15-45/h3-12,20-22,25,32-33,49H,13-19,23-24,26H2,1-2H3/t32?,33-/m0/s1. The fourth-order valence-electron chi connectivity index (χ4n) is 7.79. The molecule has 2 atom stereocenters. The van der Waals surface area contributed by atoms with Gasteiger partial charge in [-0.15, -0.1) is 0 Å². The van der Waals surface area contributed by atoms with E-state index in [-0.39, 0.29) is 29.6 Å². The van der Waals surface area contributed by atoms with Crippen LogP contribution in [0.25, 0.3) is 11.3 Å². The van der Waals surface area contributed by atoms with Crippen LogP contribution in [0.4, 0.5) is 15.8 Å². The van der Waals surface area contributed by atoms with Crippen molar-refractivity contribution < 1.29 is 28.6 Å². The molecule has 3 aliphatic rings. The van der Waals surface area contributed by atoms with Gasteiger partial charge in [0, 0.05) is 80.3 Å². The second-order valence-corrected chi connectivity index (χ2v) is 14.1. The zero-order valence-corrected chi connectivity index (χ0v) is 30.0. The van der Waals surface area contributed by atoms with Crippen LogP contribution >= 0.6 is 0 Å². The van der Waals surface area contributed by atoms with Crippen molar-refractivity contribution in [3.63, 3.8) is 0 Å². The highest BCUT2D eigenvalue weighted by Gasteiger charge is 2.34. The van der Waals surface area contributed by atoms with Crippen molar-refractivity contribution in [3.05, 3.63) is 119 Å². The zero-order valence-electron chi connectivity index (χ0n) is 30.0. The van der Waals surface area contributed by atoms with Crippen molar-refractivity contribution in [1.29, 1.82) is 0 Å². The Bertz CT molecular complexity index is 2130. The number of fused-ring (bicyclic) bond motifs is 1. The van der Waals surface area contributed by atoms with E-state index in [1.807, 2.05) is 46.4 Å². The van der Waals surface area contributed by atoms with E-state index >= 15 is 4.39 Å². The van der Waals surface area contributed by atoms with Gasteiger partial charge in [-0.25, -0.2) is 4.39 Å². The summed E-state index contributed by atoms with van der Waals surface area (Å²) in [7, 11) is 1.82. The van der Waals surface area contributed by atoms with E-state index in [9.17, 15) is 14.7 Å². The lowest BCUT2D eigenvalue weighted by Gasteiger charge is -2.40. The van der Waals surface area contributed by atoms with Crippen molar-refractivity contribution in [2.45, 2.75) is 38.4 Å². The van der Waals surface area contributed by atoms with E-state index in [2.05, 4.69) is 22.1 Å². The van der Waals surface area contributed by atoms with Crippen LogP contribution in [0.5, 0.6) is 5.75 Å². The van der Waals surface area contributed by atoms with Crippen LogP contribution in [0.3, 0.4) is 0 Å². The molecule has 0 spiro atoms. The smallest absolute Gasteiger partial charge is 0.264 e. The molecule has 2 fully saturated rings. The summed E-state index contributed by atoms with van der Waals surface area (Å²) in [5.41, 5.74) is 5.77. The maximum Gasteiger partial charge on any atom is 0.264 e. The monoisotopic (exact) mass is 718 g/mol. The number of nitrogens with zero attached hydrogens (tertiary/aromatic N) is 6. The first-order valence-corrected chi connectivity index (χ1v) is 18.1. The summed E-state index contributed by atoms with van der Waals surface area (Å²) < 4.78 is 30.0. The van der Waals surface area contributed by atoms with Crippen molar-refractivity contribution in [2.24, 2.45) is 7.05 Å². The van der Waals surface area contributed by atoms with Gasteiger partial charge in [-0.3, -0.25) is 24.1 Å². The molecule has 2 amide bonds. The highest BCUT2D eigenvalue weighted by Crippen LogP contribution is 2.36. The second-order valence-electron chi connectivity index (χ2n) is 14.1. The Labute approximate surface area is 307 Å². The minimum absolute atomic E-state index is 0.0661. The van der Waals surface area contributed by atoms with E-state index in [0.717, 1.165) is 31.5 Å². The van der Waals surface area contributed by atoms with Gasteiger partial charge in [0.05, 0.1) is 43.3 Å². The third-order valence-electron chi connectivity index (χ3n) is 10.9. The number of phenolic OH excluding ortho intramolecular Hbond substituents is 1. The maximum atomic E-state index is 15.2. The van der Waals surface area contributed by atoms with Crippen LogP contribution in [-0.4, -0.2) is 93.2 Å². The average Bonchev–Trinajstić information content (AvgIpc) is 3.94. The molecule has 53 heavy (non-hydrogen) atoms. The molecule has 12 heteroatoms. The Morgan fingerprint density at radius 2 is 1.72 bits per heavy atom. The Balaban J connectivity index is 1.16. The van der Waals surface area contributed by atoms with Crippen LogP contribution in [0, 0.1) is 12.7 Å². The Morgan fingerprint density at radius 1 is 0.943 bits per heavy atom. The summed E-state index contributed by atoms with van der Waals surface area (Å²) in [5, 5.41) is 14.6. The summed E-state index contributed by atoms with van der Waals surface area (Å²) >= 11 is 0. The van der Waals surface area contributed by atoms with Gasteiger partial charge < -0.3 is 24.0 Å². The fraction of sp³-hybridized carbons (Fsp3) is 0.341. The summed E-state index contributed by atoms with van der Waals surface area (Å²) in [6.45, 7) is 7.11. The number of aromatic hydroxyl groups is 1. The molecule has 0 radical (unpaired) electrons. The molecule has 5 heterocycles. The second kappa shape index (κ2) is 14.6. The maximum absolute atomic E-state index is 15.2. The number of carbonyl (C=O) groups is 2. The van der Waals surface area contributed by atoms with Gasteiger partial charge >= 0.3 is 0 Å². The third-order valence-corrected chi connectivity index (χ3v) is 10.9. The number of ether oxygens (including phenoxy) is 2. The lowest BCUT2D eigenvalue weighted by Crippen LogP contribution is -2.52. The van der Waals surface area contributed by atoms with E-state index in [0.29, 0.717) is 79.0 Å². The van der Waals surface area contributed by atoms with Crippen LogP contribution < -0.4 is 4.90 Å². The molecule has 2 aromatic heterocycles. The van der Waals surface area contributed by atoms with Crippen molar-refractivity contribution in [2.75, 3.05) is 51.0 Å². The minimum atomic E-state index is -0.480. The molecule has 0 saturated carbocycles. The topological polar surface area (TPSA) is 105 Å². The highest BCUT2D eigenvalue weighted by molar-refractivity contribution is 6.12. The number of carbonyl (C=O) groups excluding carboxylic acids is 2. The zero-order chi connectivity index (χ0) is 36.6. The highest BCUT2D eigenvalue weighted by atomic mass is 19.1. The van der Waals surface area contributed by atoms with Crippen LogP contribution in [0.2, 0.25) is 0 Å². The van der Waals surface area contributed by atoms with Gasteiger partial charge in [-0.05, 0) is 79.4 Å². The summed E-state index contributed by atoms with van der Waals surface area (Å²) in [5.74, 6) is -0.926. The number of phenols is 1. The van der Waals surface area contributed by atoms with Gasteiger partial charge in [0.15, 0.2) is 0 Å². The first-order chi connectivity index (χ1) is 25.7. The molecule has 274 valence electrons. The minimum Gasteiger partial charge on any atom is -0.508 e. The lowest BCUT2D eigenvalue weighted by molar-refractivity contribution is 0.0193. The first kappa shape index (κ1) is 34.8. The number of morpholine rings is 1. The molecule has 11 nitrogen and oxygen atoms in total. The molecule has 2 saturated heterocycles. The Hall–Kier alpha value is -5.30. The number of halogens is 1. The fourth-order valence-corrected chi connectivity index (χ4v) is 7.79. The van der Waals surface area contributed by atoms with Gasteiger partial charge in [-0.2, -0.15) is 5.10 Å². The Morgan fingerprint density at radius 3 is 2.47 bits per heavy atom. The molecule has 1 unspecified atom stereocenters. The van der Waals surface area contributed by atoms with Crippen LogP contribution in [0.1, 0.15) is 50.0 Å². The number of benzene rings is 3. The van der Waals surface area contributed by atoms with Crippen molar-refractivity contribution in [1.82, 2.24) is 24.1 Å². The van der Waals surface area contributed by atoms with Crippen LogP contribution in [0.15, 0.2) is 85.2 Å². The van der Waals surface area contributed by atoms with Gasteiger partial charge in [0.2, 0.25) is 0 Å². The van der Waals surface area contributed by atoms with Crippen molar-refractivity contribution in [3.8, 4) is 17.0 Å². The van der Waals surface area contributed by atoms with E-state index in [4.69, 9.17) is 9.47 Å². The predicted octanol–water partition coefficient (Wildman–Crippen LogP) is 5.88. The first-order valence-electron chi connectivity index (χ1n) is 18.1. The molecule has 0 aliphatic carbocycles. The molecule has 0 bridgehead atoms. The number of anilines is 2. The normalized spacial score (nSPS) is 19.0. The molecular weight excluding hydrogens is 675 g/mol. The SMILES string of the molecule is Cc1c(C(=O)N(c2ccc(O)cc2)c2cnn(C3CCOC3)c2)cc(-c2cc(F)ccc2C(=O)N2Cc3ccccc3C[C@H]2CN2CCOCC2)n1C. The predicted molar refractivity (Wildman–Crippen MR) is 198 cm³/mol. The summed E-state index contributed by atoms with van der Waals surface area (Å²) in [6, 6.07) is 20.6.